The Morgan fingerprint density at radius 1 is 1.13 bits per heavy atom. The van der Waals surface area contributed by atoms with Crippen LogP contribution in [0.25, 0.3) is 0 Å². The summed E-state index contributed by atoms with van der Waals surface area (Å²) in [5, 5.41) is 9.00. The summed E-state index contributed by atoms with van der Waals surface area (Å²) in [5.41, 5.74) is 1.87. The zero-order chi connectivity index (χ0) is 21.6. The van der Waals surface area contributed by atoms with E-state index in [1.54, 1.807) is 48.9 Å². The topological polar surface area (TPSA) is 97.3 Å². The lowest BCUT2D eigenvalue weighted by atomic mass is 10.1. The summed E-state index contributed by atoms with van der Waals surface area (Å²) in [5.74, 6) is 0.718. The molecule has 3 aromatic rings. The zero-order valence-corrected chi connectivity index (χ0v) is 17.1. The average molecular weight is 421 g/mol. The van der Waals surface area contributed by atoms with Crippen molar-refractivity contribution in [3.8, 4) is 0 Å². The summed E-state index contributed by atoms with van der Waals surface area (Å²) in [7, 11) is 0. The van der Waals surface area contributed by atoms with Gasteiger partial charge in [0.25, 0.3) is 5.91 Å². The lowest BCUT2D eigenvalue weighted by molar-refractivity contribution is -0.131. The molecule has 1 aromatic carbocycles. The van der Waals surface area contributed by atoms with E-state index in [1.165, 1.54) is 5.01 Å². The lowest BCUT2D eigenvalue weighted by Gasteiger charge is -2.20. The van der Waals surface area contributed by atoms with Gasteiger partial charge in [0, 0.05) is 12.1 Å². The smallest absolute Gasteiger partial charge is 0.338 e. The van der Waals surface area contributed by atoms with E-state index in [0.717, 1.165) is 6.42 Å². The van der Waals surface area contributed by atoms with Crippen molar-refractivity contribution in [2.45, 2.75) is 25.8 Å². The first kappa shape index (κ1) is 20.5. The maximum atomic E-state index is 12.9. The molecule has 1 atom stereocenters. The number of esters is 1. The number of rotatable bonds is 8. The van der Waals surface area contributed by atoms with Gasteiger partial charge in [0.2, 0.25) is 0 Å². The van der Waals surface area contributed by atoms with E-state index in [2.05, 4.69) is 10.4 Å². The minimum atomic E-state index is -0.359. The molecule has 160 valence electrons. The number of hydrogen-bond donors (Lipinski definition) is 1. The van der Waals surface area contributed by atoms with E-state index >= 15 is 0 Å². The summed E-state index contributed by atoms with van der Waals surface area (Å²) in [6.07, 6.45) is 4.43. The third-order valence-electron chi connectivity index (χ3n) is 4.84. The van der Waals surface area contributed by atoms with Gasteiger partial charge in [0.05, 0.1) is 31.2 Å². The number of nitrogens with zero attached hydrogens (tertiary/aromatic N) is 2. The maximum absolute atomic E-state index is 12.9. The predicted octanol–water partition coefficient (Wildman–Crippen LogP) is 4.23. The number of benzene rings is 1. The molecule has 4 rings (SSSR count). The fourth-order valence-electron chi connectivity index (χ4n) is 3.30. The number of furan rings is 2. The summed E-state index contributed by atoms with van der Waals surface area (Å²) in [4.78, 5) is 24.8. The number of hydrogen-bond acceptors (Lipinski definition) is 7. The molecular formula is C23H23N3O5. The van der Waals surface area contributed by atoms with E-state index in [4.69, 9.17) is 13.6 Å². The molecule has 0 spiro atoms. The van der Waals surface area contributed by atoms with Crippen LogP contribution in [-0.4, -0.2) is 35.7 Å². The van der Waals surface area contributed by atoms with Crippen LogP contribution in [0.15, 0.2) is 75.0 Å². The van der Waals surface area contributed by atoms with Crippen LogP contribution in [0.1, 0.15) is 47.7 Å². The first-order valence-corrected chi connectivity index (χ1v) is 10.1. The molecular weight excluding hydrogens is 398 g/mol. The number of anilines is 1. The van der Waals surface area contributed by atoms with Crippen LogP contribution in [0.4, 0.5) is 5.69 Å². The molecule has 1 aliphatic rings. The molecule has 0 saturated carbocycles. The highest BCUT2D eigenvalue weighted by atomic mass is 16.5. The van der Waals surface area contributed by atoms with Gasteiger partial charge < -0.3 is 18.9 Å². The highest BCUT2D eigenvalue weighted by molar-refractivity contribution is 6.01. The summed E-state index contributed by atoms with van der Waals surface area (Å²) in [6, 6.07) is 13.7. The minimum absolute atomic E-state index is 0.0335. The van der Waals surface area contributed by atoms with Crippen molar-refractivity contribution in [2.24, 2.45) is 5.10 Å². The van der Waals surface area contributed by atoms with E-state index in [-0.39, 0.29) is 24.5 Å². The second-order valence-electron chi connectivity index (χ2n) is 7.06. The second kappa shape index (κ2) is 9.34. The van der Waals surface area contributed by atoms with E-state index in [0.29, 0.717) is 41.5 Å². The normalized spacial score (nSPS) is 15.6. The Hall–Kier alpha value is -3.81. The predicted molar refractivity (Wildman–Crippen MR) is 114 cm³/mol. The lowest BCUT2D eigenvalue weighted by Crippen LogP contribution is -2.32. The minimum Gasteiger partial charge on any atom is -0.467 e. The summed E-state index contributed by atoms with van der Waals surface area (Å²) < 4.78 is 16.1. The molecule has 0 fully saturated rings. The molecule has 3 heterocycles. The Morgan fingerprint density at radius 2 is 1.90 bits per heavy atom. The van der Waals surface area contributed by atoms with Crippen molar-refractivity contribution in [1.29, 1.82) is 0 Å². The summed E-state index contributed by atoms with van der Waals surface area (Å²) in [6.45, 7) is 2.36. The van der Waals surface area contributed by atoms with Crippen LogP contribution in [0.3, 0.4) is 0 Å². The average Bonchev–Trinajstić information content (AvgIpc) is 3.56. The monoisotopic (exact) mass is 421 g/mol. The van der Waals surface area contributed by atoms with Crippen LogP contribution in [0.2, 0.25) is 0 Å². The molecule has 1 aliphatic heterocycles. The zero-order valence-electron chi connectivity index (χ0n) is 17.1. The van der Waals surface area contributed by atoms with Gasteiger partial charge in [0.15, 0.2) is 0 Å². The number of nitrogens with one attached hydrogen (secondary N) is 1. The highest BCUT2D eigenvalue weighted by Crippen LogP contribution is 2.33. The van der Waals surface area contributed by atoms with Crippen LogP contribution in [0, 0.1) is 0 Å². The Labute approximate surface area is 179 Å². The van der Waals surface area contributed by atoms with Crippen LogP contribution in [-0.2, 0) is 9.53 Å². The molecule has 8 heteroatoms. The van der Waals surface area contributed by atoms with Crippen molar-refractivity contribution in [3.05, 3.63) is 78.1 Å². The number of amides is 1. The first-order valence-electron chi connectivity index (χ1n) is 10.1. The number of hydrazone groups is 1. The Morgan fingerprint density at radius 3 is 2.58 bits per heavy atom. The van der Waals surface area contributed by atoms with Gasteiger partial charge in [0.1, 0.15) is 23.3 Å². The van der Waals surface area contributed by atoms with E-state index in [1.807, 2.05) is 19.1 Å². The fourth-order valence-corrected chi connectivity index (χ4v) is 3.30. The number of ether oxygens (including phenoxy) is 1. The van der Waals surface area contributed by atoms with Crippen molar-refractivity contribution in [1.82, 2.24) is 5.01 Å². The summed E-state index contributed by atoms with van der Waals surface area (Å²) >= 11 is 0. The Kier molecular flexibility index (Phi) is 6.16. The molecule has 1 unspecified atom stereocenters. The van der Waals surface area contributed by atoms with Crippen molar-refractivity contribution >= 4 is 23.3 Å². The first-order chi connectivity index (χ1) is 15.2. The second-order valence-corrected chi connectivity index (χ2v) is 7.06. The van der Waals surface area contributed by atoms with Crippen LogP contribution in [0.5, 0.6) is 0 Å². The fraction of sp³-hybridized carbons (Fsp3) is 0.261. The molecule has 1 amide bonds. The molecule has 0 radical (unpaired) electrons. The van der Waals surface area contributed by atoms with Crippen molar-refractivity contribution in [2.75, 3.05) is 18.5 Å². The molecule has 1 N–H and O–H groups in total. The van der Waals surface area contributed by atoms with E-state index < -0.39 is 0 Å². The number of carbonyl (C=O) groups is 2. The largest absolute Gasteiger partial charge is 0.467 e. The molecule has 31 heavy (non-hydrogen) atoms. The van der Waals surface area contributed by atoms with Gasteiger partial charge in [-0.3, -0.25) is 4.79 Å². The van der Waals surface area contributed by atoms with Gasteiger partial charge >= 0.3 is 5.97 Å². The third-order valence-corrected chi connectivity index (χ3v) is 4.84. The van der Waals surface area contributed by atoms with Crippen molar-refractivity contribution < 1.29 is 23.2 Å². The van der Waals surface area contributed by atoms with Crippen molar-refractivity contribution in [3.63, 3.8) is 0 Å². The third kappa shape index (κ3) is 4.69. The SMILES string of the molecule is CCCOC(=O)c1ccc(NCC(=O)N2N=C(c3ccco3)CC2c2ccco2)cc1. The molecule has 0 aliphatic carbocycles. The quantitative estimate of drug-likeness (QED) is 0.547. The Bertz CT molecular complexity index is 1040. The standard InChI is InChI=1S/C23H23N3O5/c1-2-11-31-23(28)16-7-9-17(10-8-16)24-15-22(27)26-19(21-6-4-13-30-21)14-18(25-26)20-5-3-12-29-20/h3-10,12-13,19,24H,2,11,14-15H2,1H3. The van der Waals surface area contributed by atoms with E-state index in [9.17, 15) is 9.59 Å². The Balaban J connectivity index is 1.42. The van der Waals surface area contributed by atoms with Gasteiger partial charge in [-0.1, -0.05) is 6.92 Å². The molecule has 0 saturated heterocycles. The van der Waals surface area contributed by atoms with Gasteiger partial charge in [-0.15, -0.1) is 0 Å². The molecule has 0 bridgehead atoms. The van der Waals surface area contributed by atoms with Gasteiger partial charge in [-0.25, -0.2) is 9.80 Å². The maximum Gasteiger partial charge on any atom is 0.338 e. The number of carbonyl (C=O) groups excluding carboxylic acids is 2. The highest BCUT2D eigenvalue weighted by Gasteiger charge is 2.35. The molecule has 8 nitrogen and oxygen atoms in total. The van der Waals surface area contributed by atoms with Gasteiger partial charge in [-0.05, 0) is 55.0 Å². The van der Waals surface area contributed by atoms with Gasteiger partial charge in [-0.2, -0.15) is 5.10 Å². The molecule has 2 aromatic heterocycles. The van der Waals surface area contributed by atoms with Crippen LogP contribution >= 0.6 is 0 Å². The van der Waals surface area contributed by atoms with Crippen LogP contribution < -0.4 is 5.32 Å².